The quantitative estimate of drug-likeness (QED) is 0.709. The van der Waals surface area contributed by atoms with Gasteiger partial charge < -0.3 is 14.7 Å². The lowest BCUT2D eigenvalue weighted by Gasteiger charge is -2.37. The topological polar surface area (TPSA) is 49.8 Å². The summed E-state index contributed by atoms with van der Waals surface area (Å²) in [5.41, 5.74) is -0.705. The lowest BCUT2D eigenvalue weighted by Crippen LogP contribution is -2.53. The molecule has 7 heteroatoms. The summed E-state index contributed by atoms with van der Waals surface area (Å²) in [6.07, 6.45) is -4.72. The van der Waals surface area contributed by atoms with Crippen LogP contribution in [0.2, 0.25) is 0 Å². The van der Waals surface area contributed by atoms with Crippen molar-refractivity contribution in [2.45, 2.75) is 18.7 Å². The lowest BCUT2D eigenvalue weighted by molar-refractivity contribution is -0.188. The van der Waals surface area contributed by atoms with Gasteiger partial charge in [-0.05, 0) is 6.42 Å². The van der Waals surface area contributed by atoms with E-state index in [1.807, 2.05) is 0 Å². The molecule has 0 aromatic rings. The molecule has 1 N–H and O–H groups in total. The Kier molecular flexibility index (Phi) is 2.62. The number of ether oxygens (including phenoxy) is 1. The molecule has 2 saturated heterocycles. The van der Waals surface area contributed by atoms with Crippen LogP contribution in [0.15, 0.2) is 0 Å². The molecular weight excluding hydrogens is 227 g/mol. The summed E-state index contributed by atoms with van der Waals surface area (Å²) >= 11 is 0. The van der Waals surface area contributed by atoms with Gasteiger partial charge in [0.05, 0.1) is 19.3 Å². The van der Waals surface area contributed by atoms with Crippen LogP contribution in [-0.4, -0.2) is 54.5 Å². The molecule has 16 heavy (non-hydrogen) atoms. The average molecular weight is 239 g/mol. The SMILES string of the molecule is O=C(N1CC2CC(CO)(CO2)C1)C(F)(F)F. The van der Waals surface area contributed by atoms with E-state index in [4.69, 9.17) is 4.74 Å². The number of fused-ring (bicyclic) bond motifs is 2. The van der Waals surface area contributed by atoms with Gasteiger partial charge in [-0.25, -0.2) is 0 Å². The fourth-order valence-electron chi connectivity index (χ4n) is 2.33. The number of alkyl halides is 3. The minimum Gasteiger partial charge on any atom is -0.396 e. The number of aliphatic hydroxyl groups is 1. The predicted molar refractivity (Wildman–Crippen MR) is 46.5 cm³/mol. The summed E-state index contributed by atoms with van der Waals surface area (Å²) in [6.45, 7) is -0.167. The van der Waals surface area contributed by atoms with Crippen molar-refractivity contribution in [2.75, 3.05) is 26.3 Å². The number of carbonyl (C=O) groups excluding carboxylic acids is 1. The first kappa shape index (κ1) is 11.7. The van der Waals surface area contributed by atoms with Crippen LogP contribution in [0.1, 0.15) is 6.42 Å². The summed E-state index contributed by atoms with van der Waals surface area (Å²) in [6, 6.07) is 0. The molecule has 2 rings (SSSR count). The lowest BCUT2D eigenvalue weighted by atomic mass is 9.83. The van der Waals surface area contributed by atoms with Gasteiger partial charge in [0.1, 0.15) is 0 Å². The van der Waals surface area contributed by atoms with Crippen LogP contribution in [0.25, 0.3) is 0 Å². The molecule has 0 spiro atoms. The Balaban J connectivity index is 2.12. The first-order valence-electron chi connectivity index (χ1n) is 4.95. The van der Waals surface area contributed by atoms with E-state index in [0.717, 1.165) is 4.90 Å². The zero-order chi connectivity index (χ0) is 12.0. The van der Waals surface area contributed by atoms with Crippen molar-refractivity contribution in [3.8, 4) is 0 Å². The number of piperidine rings is 1. The first-order chi connectivity index (χ1) is 7.36. The van der Waals surface area contributed by atoms with Crippen LogP contribution in [-0.2, 0) is 9.53 Å². The second-order valence-electron chi connectivity index (χ2n) is 4.48. The van der Waals surface area contributed by atoms with Crippen molar-refractivity contribution in [1.82, 2.24) is 4.90 Å². The van der Waals surface area contributed by atoms with Gasteiger partial charge >= 0.3 is 12.1 Å². The zero-order valence-electron chi connectivity index (χ0n) is 8.46. The third-order valence-corrected chi connectivity index (χ3v) is 3.10. The molecule has 92 valence electrons. The fourth-order valence-corrected chi connectivity index (χ4v) is 2.33. The van der Waals surface area contributed by atoms with Crippen LogP contribution in [0.3, 0.4) is 0 Å². The maximum Gasteiger partial charge on any atom is 0.471 e. The molecule has 0 aliphatic carbocycles. The summed E-state index contributed by atoms with van der Waals surface area (Å²) < 4.78 is 42.0. The standard InChI is InChI=1S/C9H12F3NO3/c10-9(11,12)7(15)13-2-6-1-8(3-13,4-14)5-16-6/h6,14H,1-5H2. The number of carbonyl (C=O) groups is 1. The molecule has 2 aliphatic heterocycles. The van der Waals surface area contributed by atoms with Gasteiger partial charge in [-0.3, -0.25) is 4.79 Å². The van der Waals surface area contributed by atoms with E-state index >= 15 is 0 Å². The van der Waals surface area contributed by atoms with Gasteiger partial charge in [0, 0.05) is 18.5 Å². The number of rotatable bonds is 1. The Hall–Kier alpha value is -0.820. The highest BCUT2D eigenvalue weighted by Crippen LogP contribution is 2.38. The molecule has 2 unspecified atom stereocenters. The number of nitrogens with zero attached hydrogens (tertiary/aromatic N) is 1. The highest BCUT2D eigenvalue weighted by molar-refractivity contribution is 5.82. The normalized spacial score (nSPS) is 34.2. The molecule has 0 saturated carbocycles. The minimum atomic E-state index is -4.85. The summed E-state index contributed by atoms with van der Waals surface area (Å²) in [5.74, 6) is -1.85. The summed E-state index contributed by atoms with van der Waals surface area (Å²) in [5, 5.41) is 9.17. The number of halogens is 3. The molecule has 2 aliphatic rings. The second-order valence-corrected chi connectivity index (χ2v) is 4.48. The van der Waals surface area contributed by atoms with E-state index < -0.39 is 17.5 Å². The maximum atomic E-state index is 12.2. The molecule has 0 radical (unpaired) electrons. The molecular formula is C9H12F3NO3. The number of hydrogen-bond acceptors (Lipinski definition) is 3. The van der Waals surface area contributed by atoms with E-state index in [1.165, 1.54) is 0 Å². The van der Waals surface area contributed by atoms with E-state index in [-0.39, 0.29) is 32.4 Å². The van der Waals surface area contributed by atoms with Crippen LogP contribution >= 0.6 is 0 Å². The minimum absolute atomic E-state index is 0.0416. The van der Waals surface area contributed by atoms with Crippen molar-refractivity contribution in [2.24, 2.45) is 5.41 Å². The van der Waals surface area contributed by atoms with Crippen LogP contribution in [0.5, 0.6) is 0 Å². The molecule has 0 aromatic heterocycles. The fraction of sp³-hybridized carbons (Fsp3) is 0.889. The monoisotopic (exact) mass is 239 g/mol. The molecule has 2 atom stereocenters. The number of likely N-dealkylation sites (tertiary alicyclic amines) is 1. The van der Waals surface area contributed by atoms with Gasteiger partial charge in [0.15, 0.2) is 0 Å². The Labute approximate surface area is 90.0 Å². The van der Waals surface area contributed by atoms with E-state index in [9.17, 15) is 23.1 Å². The Morgan fingerprint density at radius 3 is 2.81 bits per heavy atom. The predicted octanol–water partition coefficient (Wildman–Crippen LogP) is 0.159. The summed E-state index contributed by atoms with van der Waals surface area (Å²) in [4.78, 5) is 11.8. The average Bonchev–Trinajstić information content (AvgIpc) is 2.52. The van der Waals surface area contributed by atoms with Crippen LogP contribution < -0.4 is 0 Å². The number of aliphatic hydroxyl groups excluding tert-OH is 1. The number of hydrogen-bond donors (Lipinski definition) is 1. The first-order valence-corrected chi connectivity index (χ1v) is 4.95. The Bertz CT molecular complexity index is 307. The Morgan fingerprint density at radius 1 is 1.56 bits per heavy atom. The highest BCUT2D eigenvalue weighted by atomic mass is 19.4. The van der Waals surface area contributed by atoms with Crippen LogP contribution in [0.4, 0.5) is 13.2 Å². The van der Waals surface area contributed by atoms with Crippen molar-refractivity contribution >= 4 is 5.91 Å². The molecule has 0 aromatic carbocycles. The van der Waals surface area contributed by atoms with Crippen molar-refractivity contribution < 1.29 is 27.8 Å². The molecule has 2 bridgehead atoms. The van der Waals surface area contributed by atoms with Gasteiger partial charge in [-0.1, -0.05) is 0 Å². The van der Waals surface area contributed by atoms with Gasteiger partial charge in [-0.2, -0.15) is 13.2 Å². The zero-order valence-corrected chi connectivity index (χ0v) is 8.46. The van der Waals surface area contributed by atoms with E-state index in [2.05, 4.69) is 0 Å². The van der Waals surface area contributed by atoms with E-state index in [0.29, 0.717) is 6.42 Å². The molecule has 2 heterocycles. The summed E-state index contributed by atoms with van der Waals surface area (Å²) in [7, 11) is 0. The smallest absolute Gasteiger partial charge is 0.396 e. The maximum absolute atomic E-state index is 12.2. The van der Waals surface area contributed by atoms with Crippen LogP contribution in [0, 0.1) is 5.41 Å². The van der Waals surface area contributed by atoms with Gasteiger partial charge in [0.2, 0.25) is 0 Å². The van der Waals surface area contributed by atoms with Crippen molar-refractivity contribution in [3.63, 3.8) is 0 Å². The van der Waals surface area contributed by atoms with Gasteiger partial charge in [0.25, 0.3) is 0 Å². The molecule has 1 amide bonds. The molecule has 2 fully saturated rings. The van der Waals surface area contributed by atoms with Gasteiger partial charge in [-0.15, -0.1) is 0 Å². The van der Waals surface area contributed by atoms with E-state index in [1.54, 1.807) is 0 Å². The highest BCUT2D eigenvalue weighted by Gasteiger charge is 2.51. The Morgan fingerprint density at radius 2 is 2.25 bits per heavy atom. The third kappa shape index (κ3) is 1.89. The molecule has 4 nitrogen and oxygen atoms in total. The largest absolute Gasteiger partial charge is 0.471 e. The third-order valence-electron chi connectivity index (χ3n) is 3.10. The number of amides is 1. The van der Waals surface area contributed by atoms with Crippen molar-refractivity contribution in [3.05, 3.63) is 0 Å². The second kappa shape index (κ2) is 3.59. The van der Waals surface area contributed by atoms with Crippen molar-refractivity contribution in [1.29, 1.82) is 0 Å².